The van der Waals surface area contributed by atoms with Crippen LogP contribution in [-0.2, 0) is 14.2 Å². The summed E-state index contributed by atoms with van der Waals surface area (Å²) < 4.78 is 62.1. The number of unbranched alkanes of at least 4 members (excludes halogenated alkanes) is 9. The molecular weight excluding hydrogens is 573 g/mol. The number of ether oxygens (including phenoxy) is 4. The van der Waals surface area contributed by atoms with Crippen molar-refractivity contribution >= 4 is 11.9 Å². The minimum absolute atomic E-state index is 0.0610. The van der Waals surface area contributed by atoms with Crippen molar-refractivity contribution in [2.45, 2.75) is 116 Å². The van der Waals surface area contributed by atoms with Crippen LogP contribution >= 0.6 is 0 Å². The maximum atomic E-state index is 13.4. The summed E-state index contributed by atoms with van der Waals surface area (Å²) in [6, 6.07) is 12.0. The molecule has 9 heteroatoms. The van der Waals surface area contributed by atoms with E-state index >= 15 is 0 Å². The minimum atomic E-state index is -4.64. The van der Waals surface area contributed by atoms with Gasteiger partial charge in [-0.3, -0.25) is 0 Å². The van der Waals surface area contributed by atoms with Crippen LogP contribution in [0.15, 0.2) is 48.5 Å². The molecule has 0 bridgehead atoms. The van der Waals surface area contributed by atoms with E-state index in [1.807, 2.05) is 6.92 Å². The molecule has 1 aliphatic heterocycles. The molecule has 0 spiro atoms. The quantitative estimate of drug-likeness (QED) is 0.0939. The third-order valence-electron chi connectivity index (χ3n) is 7.84. The molecule has 1 aliphatic rings. The fourth-order valence-corrected chi connectivity index (χ4v) is 5.14. The number of carbonyl (C=O) groups is 2. The number of esters is 2. The van der Waals surface area contributed by atoms with E-state index < -0.39 is 30.5 Å². The van der Waals surface area contributed by atoms with Crippen LogP contribution in [0, 0.1) is 5.92 Å². The van der Waals surface area contributed by atoms with Gasteiger partial charge < -0.3 is 18.9 Å². The Balaban J connectivity index is 1.42. The first-order valence-corrected chi connectivity index (χ1v) is 16.1. The summed E-state index contributed by atoms with van der Waals surface area (Å²) in [6.07, 6.45) is 5.18. The zero-order valence-corrected chi connectivity index (χ0v) is 26.0. The molecule has 6 nitrogen and oxygen atoms in total. The van der Waals surface area contributed by atoms with E-state index in [0.29, 0.717) is 37.5 Å². The van der Waals surface area contributed by atoms with Crippen LogP contribution in [0.4, 0.5) is 13.2 Å². The largest absolute Gasteiger partial charge is 0.449 e. The van der Waals surface area contributed by atoms with Gasteiger partial charge >= 0.3 is 18.1 Å². The van der Waals surface area contributed by atoms with Gasteiger partial charge in [-0.2, -0.15) is 13.2 Å². The van der Waals surface area contributed by atoms with E-state index in [-0.39, 0.29) is 17.7 Å². The Morgan fingerprint density at radius 3 is 1.86 bits per heavy atom. The third-order valence-corrected chi connectivity index (χ3v) is 7.84. The van der Waals surface area contributed by atoms with Crippen LogP contribution in [-0.4, -0.2) is 37.4 Å². The lowest BCUT2D eigenvalue weighted by Crippen LogP contribution is -2.33. The third kappa shape index (κ3) is 12.2. The van der Waals surface area contributed by atoms with Crippen LogP contribution in [0.2, 0.25) is 0 Å². The molecule has 0 N–H and O–H groups in total. The van der Waals surface area contributed by atoms with Crippen LogP contribution in [0.25, 0.3) is 0 Å². The van der Waals surface area contributed by atoms with Crippen molar-refractivity contribution < 1.29 is 41.7 Å². The van der Waals surface area contributed by atoms with E-state index in [2.05, 4.69) is 6.92 Å². The topological polar surface area (TPSA) is 71.1 Å². The van der Waals surface area contributed by atoms with Crippen LogP contribution < -0.4 is 4.74 Å². The zero-order valence-electron chi connectivity index (χ0n) is 26.0. The average Bonchev–Trinajstić information content (AvgIpc) is 3.02. The number of halogens is 3. The number of hydrogen-bond donors (Lipinski definition) is 0. The predicted octanol–water partition coefficient (Wildman–Crippen LogP) is 9.77. The lowest BCUT2D eigenvalue weighted by Gasteiger charge is -2.29. The van der Waals surface area contributed by atoms with E-state index in [9.17, 15) is 22.8 Å². The number of alkyl halides is 3. The Kier molecular flexibility index (Phi) is 15.2. The fraction of sp³-hybridized carbons (Fsp3) is 0.600. The molecule has 44 heavy (non-hydrogen) atoms. The fourth-order valence-electron chi connectivity index (χ4n) is 5.14. The second kappa shape index (κ2) is 18.8. The van der Waals surface area contributed by atoms with E-state index in [1.165, 1.54) is 69.2 Å². The molecule has 3 rings (SSSR count). The number of carbonyl (C=O) groups excluding carboxylic acids is 2. The number of hydrogen-bond acceptors (Lipinski definition) is 6. The van der Waals surface area contributed by atoms with Crippen LogP contribution in [0.1, 0.15) is 130 Å². The molecule has 1 saturated heterocycles. The molecule has 1 unspecified atom stereocenters. The first-order chi connectivity index (χ1) is 21.2. The minimum Gasteiger partial charge on any atom is -0.449 e. The highest BCUT2D eigenvalue weighted by Crippen LogP contribution is 2.29. The monoisotopic (exact) mass is 620 g/mol. The van der Waals surface area contributed by atoms with Crippen molar-refractivity contribution in [2.75, 3.05) is 13.2 Å². The molecule has 1 atom stereocenters. The standard InChI is InChI=1S/C35H47F3O6/c1-3-5-7-9-10-11-12-14-26-24-41-34(42-25-26)29-18-16-27(17-19-29)32(39)43-30-22-20-28(21-23-30)33(40)44-31(35(36,37)38)15-13-8-6-4-2/h16-23,26,31,34H,3-15,24-25H2,1-2H3. The lowest BCUT2D eigenvalue weighted by atomic mass is 10.0. The van der Waals surface area contributed by atoms with Gasteiger partial charge in [-0.1, -0.05) is 90.2 Å². The normalized spacial score (nSPS) is 17.7. The Hall–Kier alpha value is -2.91. The van der Waals surface area contributed by atoms with Gasteiger partial charge in [0.05, 0.1) is 24.3 Å². The molecule has 1 fully saturated rings. The summed E-state index contributed by atoms with van der Waals surface area (Å²) >= 11 is 0. The van der Waals surface area contributed by atoms with Crippen molar-refractivity contribution in [1.29, 1.82) is 0 Å². The van der Waals surface area contributed by atoms with Gasteiger partial charge in [0.1, 0.15) is 5.75 Å². The molecule has 2 aromatic rings. The van der Waals surface area contributed by atoms with Crippen LogP contribution in [0.3, 0.4) is 0 Å². The van der Waals surface area contributed by atoms with Crippen molar-refractivity contribution in [2.24, 2.45) is 5.92 Å². The molecule has 244 valence electrons. The highest BCUT2D eigenvalue weighted by Gasteiger charge is 2.42. The van der Waals surface area contributed by atoms with Gasteiger partial charge in [-0.05, 0) is 55.7 Å². The second-order valence-corrected chi connectivity index (χ2v) is 11.6. The van der Waals surface area contributed by atoms with Crippen molar-refractivity contribution in [3.8, 4) is 5.75 Å². The summed E-state index contributed by atoms with van der Waals surface area (Å²) in [6.45, 7) is 5.48. The van der Waals surface area contributed by atoms with Gasteiger partial charge in [0, 0.05) is 11.5 Å². The van der Waals surface area contributed by atoms with Gasteiger partial charge in [0.25, 0.3) is 0 Å². The molecule has 2 aromatic carbocycles. The maximum absolute atomic E-state index is 13.4. The molecule has 1 heterocycles. The van der Waals surface area contributed by atoms with Gasteiger partial charge in [-0.25, -0.2) is 9.59 Å². The molecule has 0 aliphatic carbocycles. The lowest BCUT2D eigenvalue weighted by molar-refractivity contribution is -0.206. The molecular formula is C35H47F3O6. The van der Waals surface area contributed by atoms with Crippen molar-refractivity contribution in [1.82, 2.24) is 0 Å². The maximum Gasteiger partial charge on any atom is 0.425 e. The first kappa shape index (κ1) is 35.6. The van der Waals surface area contributed by atoms with Crippen LogP contribution in [0.5, 0.6) is 5.75 Å². The Morgan fingerprint density at radius 1 is 0.750 bits per heavy atom. The number of rotatable bonds is 18. The zero-order chi connectivity index (χ0) is 31.8. The Labute approximate surface area is 259 Å². The highest BCUT2D eigenvalue weighted by molar-refractivity contribution is 5.92. The summed E-state index contributed by atoms with van der Waals surface area (Å²) in [4.78, 5) is 25.0. The Morgan fingerprint density at radius 2 is 1.27 bits per heavy atom. The van der Waals surface area contributed by atoms with E-state index in [4.69, 9.17) is 18.9 Å². The molecule has 0 saturated carbocycles. The molecule has 0 aromatic heterocycles. The second-order valence-electron chi connectivity index (χ2n) is 11.6. The average molecular weight is 621 g/mol. The van der Waals surface area contributed by atoms with Gasteiger partial charge in [0.2, 0.25) is 0 Å². The summed E-state index contributed by atoms with van der Waals surface area (Å²) in [5.41, 5.74) is 1.05. The van der Waals surface area contributed by atoms with Crippen molar-refractivity contribution in [3.05, 3.63) is 65.2 Å². The van der Waals surface area contributed by atoms with Crippen molar-refractivity contribution in [3.63, 3.8) is 0 Å². The Bertz CT molecular complexity index is 1110. The summed E-state index contributed by atoms with van der Waals surface area (Å²) in [5.74, 6) is -1.15. The SMILES string of the molecule is CCCCCCCCCC1COC(c2ccc(C(=O)Oc3ccc(C(=O)OC(CCCCCC)C(F)(F)F)cc3)cc2)OC1. The number of benzene rings is 2. The smallest absolute Gasteiger partial charge is 0.425 e. The predicted molar refractivity (Wildman–Crippen MR) is 163 cm³/mol. The molecule has 0 radical (unpaired) electrons. The van der Waals surface area contributed by atoms with E-state index in [1.54, 1.807) is 24.3 Å². The summed E-state index contributed by atoms with van der Waals surface area (Å²) in [7, 11) is 0. The van der Waals surface area contributed by atoms with Gasteiger partial charge in [-0.15, -0.1) is 0 Å². The first-order valence-electron chi connectivity index (χ1n) is 16.1. The highest BCUT2D eigenvalue weighted by atomic mass is 19.4. The molecule has 0 amide bonds. The van der Waals surface area contributed by atoms with Gasteiger partial charge in [0.15, 0.2) is 12.4 Å². The summed E-state index contributed by atoms with van der Waals surface area (Å²) in [5, 5.41) is 0. The van der Waals surface area contributed by atoms with E-state index in [0.717, 1.165) is 24.8 Å².